The van der Waals surface area contributed by atoms with E-state index >= 15 is 0 Å². The summed E-state index contributed by atoms with van der Waals surface area (Å²) < 4.78 is 1.63. The van der Waals surface area contributed by atoms with Gasteiger partial charge in [0.25, 0.3) is 5.56 Å². The number of fused-ring (bicyclic) bond motifs is 1. The maximum absolute atomic E-state index is 11.4. The number of hydrogen-bond acceptors (Lipinski definition) is 5. The van der Waals surface area contributed by atoms with Crippen LogP contribution in [-0.2, 0) is 6.54 Å². The number of H-pyrrole nitrogens is 1. The topological polar surface area (TPSA) is 95.3 Å². The van der Waals surface area contributed by atoms with Gasteiger partial charge in [-0.1, -0.05) is 6.92 Å². The molecular formula is C10H15N5O2. The van der Waals surface area contributed by atoms with Crippen molar-refractivity contribution < 1.29 is 5.11 Å². The fourth-order valence-corrected chi connectivity index (χ4v) is 1.50. The zero-order valence-electron chi connectivity index (χ0n) is 9.55. The predicted molar refractivity (Wildman–Crippen MR) is 61.6 cm³/mol. The van der Waals surface area contributed by atoms with Crippen molar-refractivity contribution in [2.45, 2.75) is 26.0 Å². The second kappa shape index (κ2) is 5.07. The standard InChI is InChI=1S/C10H15N5O2/c1-2-7(16)5-11-6-8-13-14-9-10(17)12-3-4-15(8)9/h3-4,7,11,16H,2,5-6H2,1H3,(H,12,17). The highest BCUT2D eigenvalue weighted by molar-refractivity contribution is 5.33. The molecule has 3 N–H and O–H groups in total. The number of aromatic nitrogens is 4. The summed E-state index contributed by atoms with van der Waals surface area (Å²) in [7, 11) is 0. The van der Waals surface area contributed by atoms with Gasteiger partial charge in [0.15, 0.2) is 5.82 Å². The Kier molecular flexibility index (Phi) is 3.50. The molecule has 17 heavy (non-hydrogen) atoms. The smallest absolute Gasteiger partial charge is 0.293 e. The third kappa shape index (κ3) is 2.51. The van der Waals surface area contributed by atoms with Crippen molar-refractivity contribution in [1.82, 2.24) is 24.9 Å². The fourth-order valence-electron chi connectivity index (χ4n) is 1.50. The van der Waals surface area contributed by atoms with Crippen molar-refractivity contribution in [2.75, 3.05) is 6.54 Å². The second-order valence-corrected chi connectivity index (χ2v) is 3.79. The molecule has 7 heteroatoms. The van der Waals surface area contributed by atoms with Crippen LogP contribution in [0.3, 0.4) is 0 Å². The minimum atomic E-state index is -0.363. The van der Waals surface area contributed by atoms with Crippen LogP contribution in [-0.4, -0.2) is 37.3 Å². The zero-order valence-corrected chi connectivity index (χ0v) is 9.55. The van der Waals surface area contributed by atoms with E-state index in [1.165, 1.54) is 0 Å². The van der Waals surface area contributed by atoms with Crippen molar-refractivity contribution in [2.24, 2.45) is 0 Å². The highest BCUT2D eigenvalue weighted by Gasteiger charge is 2.07. The van der Waals surface area contributed by atoms with Gasteiger partial charge in [-0.2, -0.15) is 0 Å². The first-order chi connectivity index (χ1) is 8.22. The van der Waals surface area contributed by atoms with E-state index < -0.39 is 0 Å². The number of aliphatic hydroxyl groups excluding tert-OH is 1. The van der Waals surface area contributed by atoms with Gasteiger partial charge in [-0.05, 0) is 6.42 Å². The van der Waals surface area contributed by atoms with E-state index in [1.807, 2.05) is 6.92 Å². The Morgan fingerprint density at radius 2 is 2.41 bits per heavy atom. The number of nitrogens with zero attached hydrogens (tertiary/aromatic N) is 3. The third-order valence-electron chi connectivity index (χ3n) is 2.54. The Hall–Kier alpha value is -1.73. The molecule has 0 aliphatic heterocycles. The van der Waals surface area contributed by atoms with Crippen LogP contribution in [0.4, 0.5) is 0 Å². The van der Waals surface area contributed by atoms with Gasteiger partial charge in [0.1, 0.15) is 0 Å². The number of aromatic amines is 1. The molecular weight excluding hydrogens is 222 g/mol. The van der Waals surface area contributed by atoms with Crippen LogP contribution < -0.4 is 10.9 Å². The average molecular weight is 237 g/mol. The van der Waals surface area contributed by atoms with Gasteiger partial charge < -0.3 is 15.4 Å². The van der Waals surface area contributed by atoms with Gasteiger partial charge >= 0.3 is 0 Å². The molecule has 1 atom stereocenters. The van der Waals surface area contributed by atoms with Gasteiger partial charge in [-0.3, -0.25) is 9.20 Å². The quantitative estimate of drug-likeness (QED) is 0.637. The summed E-state index contributed by atoms with van der Waals surface area (Å²) >= 11 is 0. The van der Waals surface area contributed by atoms with Crippen molar-refractivity contribution in [1.29, 1.82) is 0 Å². The maximum atomic E-state index is 11.4. The van der Waals surface area contributed by atoms with Gasteiger partial charge in [0.2, 0.25) is 5.65 Å². The Morgan fingerprint density at radius 3 is 3.18 bits per heavy atom. The Bertz CT molecular complexity index is 547. The van der Waals surface area contributed by atoms with Crippen LogP contribution in [0.5, 0.6) is 0 Å². The van der Waals surface area contributed by atoms with E-state index in [0.717, 1.165) is 0 Å². The van der Waals surface area contributed by atoms with Crippen LogP contribution in [0.1, 0.15) is 19.2 Å². The summed E-state index contributed by atoms with van der Waals surface area (Å²) in [6, 6.07) is 0. The largest absolute Gasteiger partial charge is 0.392 e. The maximum Gasteiger partial charge on any atom is 0.293 e. The third-order valence-corrected chi connectivity index (χ3v) is 2.54. The molecule has 0 fully saturated rings. The monoisotopic (exact) mass is 237 g/mol. The molecule has 1 unspecified atom stereocenters. The first-order valence-corrected chi connectivity index (χ1v) is 5.52. The van der Waals surface area contributed by atoms with Gasteiger partial charge in [-0.15, -0.1) is 10.2 Å². The number of rotatable bonds is 5. The highest BCUT2D eigenvalue weighted by Crippen LogP contribution is 1.97. The molecule has 0 radical (unpaired) electrons. The molecule has 2 aromatic heterocycles. The van der Waals surface area contributed by atoms with Crippen molar-refractivity contribution >= 4 is 5.65 Å². The highest BCUT2D eigenvalue weighted by atomic mass is 16.3. The van der Waals surface area contributed by atoms with Crippen LogP contribution >= 0.6 is 0 Å². The van der Waals surface area contributed by atoms with Crippen molar-refractivity contribution in [3.05, 3.63) is 28.6 Å². The first kappa shape index (κ1) is 11.7. The van der Waals surface area contributed by atoms with Crippen LogP contribution in [0.25, 0.3) is 5.65 Å². The molecule has 0 saturated heterocycles. The molecule has 2 aromatic rings. The second-order valence-electron chi connectivity index (χ2n) is 3.79. The lowest BCUT2D eigenvalue weighted by molar-refractivity contribution is 0.167. The van der Waals surface area contributed by atoms with E-state index in [-0.39, 0.29) is 17.3 Å². The van der Waals surface area contributed by atoms with Crippen LogP contribution in [0, 0.1) is 0 Å². The lowest BCUT2D eigenvalue weighted by atomic mass is 10.3. The Balaban J connectivity index is 2.09. The first-order valence-electron chi connectivity index (χ1n) is 5.52. The fraction of sp³-hybridized carbons (Fsp3) is 0.500. The molecule has 2 rings (SSSR count). The zero-order chi connectivity index (χ0) is 12.3. The summed E-state index contributed by atoms with van der Waals surface area (Å²) in [5.41, 5.74) is 0.0141. The van der Waals surface area contributed by atoms with Crippen LogP contribution in [0.15, 0.2) is 17.2 Å². The SMILES string of the molecule is CCC(O)CNCc1nnc2c(=O)[nH]ccn12. The molecule has 0 aliphatic carbocycles. The summed E-state index contributed by atoms with van der Waals surface area (Å²) in [4.78, 5) is 13.9. The predicted octanol–water partition coefficient (Wildman–Crippen LogP) is -0.722. The summed E-state index contributed by atoms with van der Waals surface area (Å²) in [5, 5.41) is 20.2. The molecule has 0 saturated carbocycles. The van der Waals surface area contributed by atoms with Crippen LogP contribution in [0.2, 0.25) is 0 Å². The van der Waals surface area contributed by atoms with E-state index in [0.29, 0.717) is 25.3 Å². The molecule has 0 aromatic carbocycles. The summed E-state index contributed by atoms with van der Waals surface area (Å²) in [6.45, 7) is 2.87. The van der Waals surface area contributed by atoms with Gasteiger partial charge in [0, 0.05) is 18.9 Å². The van der Waals surface area contributed by atoms with Crippen molar-refractivity contribution in [3.63, 3.8) is 0 Å². The van der Waals surface area contributed by atoms with Crippen molar-refractivity contribution in [3.8, 4) is 0 Å². The average Bonchev–Trinajstić information content (AvgIpc) is 2.74. The summed E-state index contributed by atoms with van der Waals surface area (Å²) in [6.07, 6.45) is 3.58. The lowest BCUT2D eigenvalue weighted by Gasteiger charge is -2.08. The molecule has 7 nitrogen and oxygen atoms in total. The minimum Gasteiger partial charge on any atom is -0.392 e. The van der Waals surface area contributed by atoms with E-state index in [2.05, 4.69) is 20.5 Å². The molecule has 92 valence electrons. The van der Waals surface area contributed by atoms with E-state index in [9.17, 15) is 9.90 Å². The van der Waals surface area contributed by atoms with E-state index in [4.69, 9.17) is 0 Å². The van der Waals surface area contributed by atoms with Gasteiger partial charge in [0.05, 0.1) is 12.6 Å². The minimum absolute atomic E-state index is 0.264. The molecule has 0 amide bonds. The number of nitrogens with one attached hydrogen (secondary N) is 2. The molecule has 2 heterocycles. The summed E-state index contributed by atoms with van der Waals surface area (Å²) in [5.74, 6) is 0.648. The lowest BCUT2D eigenvalue weighted by Crippen LogP contribution is -2.26. The number of hydrogen-bond donors (Lipinski definition) is 3. The van der Waals surface area contributed by atoms with E-state index in [1.54, 1.807) is 16.8 Å². The molecule has 0 bridgehead atoms. The Morgan fingerprint density at radius 1 is 1.59 bits per heavy atom. The Labute approximate surface area is 97.5 Å². The normalized spacial score (nSPS) is 13.1. The van der Waals surface area contributed by atoms with Gasteiger partial charge in [-0.25, -0.2) is 0 Å². The molecule has 0 spiro atoms. The molecule has 0 aliphatic rings. The number of aliphatic hydroxyl groups is 1.